The van der Waals surface area contributed by atoms with E-state index in [4.69, 9.17) is 9.47 Å². The Bertz CT molecular complexity index is 1490. The van der Waals surface area contributed by atoms with Gasteiger partial charge in [-0.1, -0.05) is 35.5 Å². The van der Waals surface area contributed by atoms with Gasteiger partial charge in [-0.05, 0) is 97.2 Å². The number of fused-ring (bicyclic) bond motifs is 2. The van der Waals surface area contributed by atoms with Gasteiger partial charge in [0.1, 0.15) is 11.3 Å². The predicted octanol–water partition coefficient (Wildman–Crippen LogP) is 5.73. The Kier molecular flexibility index (Phi) is 6.97. The van der Waals surface area contributed by atoms with Crippen molar-refractivity contribution < 1.29 is 19.4 Å². The zero-order chi connectivity index (χ0) is 27.0. The number of aromatic nitrogens is 3. The van der Waals surface area contributed by atoms with Crippen molar-refractivity contribution in [3.05, 3.63) is 87.5 Å². The molecule has 4 aromatic rings. The van der Waals surface area contributed by atoms with E-state index in [1.807, 2.05) is 64.2 Å². The number of carboxylic acid groups (broad SMARTS) is 1. The van der Waals surface area contributed by atoms with Gasteiger partial charge in [-0.3, -0.25) is 4.79 Å². The van der Waals surface area contributed by atoms with Crippen molar-refractivity contribution in [2.45, 2.75) is 59.2 Å². The molecule has 1 heterocycles. The minimum absolute atomic E-state index is 0.363. The van der Waals surface area contributed by atoms with Crippen LogP contribution in [0.3, 0.4) is 0 Å². The van der Waals surface area contributed by atoms with E-state index in [9.17, 15) is 9.90 Å². The molecule has 7 heteroatoms. The van der Waals surface area contributed by atoms with Crippen molar-refractivity contribution in [3.63, 3.8) is 0 Å². The van der Waals surface area contributed by atoms with Gasteiger partial charge in [-0.2, -0.15) is 0 Å². The molecule has 1 aromatic heterocycles. The quantitative estimate of drug-likeness (QED) is 0.307. The molecule has 0 fully saturated rings. The highest BCUT2D eigenvalue weighted by Crippen LogP contribution is 2.45. The van der Waals surface area contributed by atoms with Crippen LogP contribution in [0, 0.1) is 12.3 Å². The van der Waals surface area contributed by atoms with Crippen LogP contribution in [0.2, 0.25) is 0 Å². The van der Waals surface area contributed by atoms with E-state index in [2.05, 4.69) is 22.4 Å². The maximum absolute atomic E-state index is 12.6. The van der Waals surface area contributed by atoms with E-state index in [0.717, 1.165) is 63.9 Å². The Morgan fingerprint density at radius 1 is 1.11 bits per heavy atom. The summed E-state index contributed by atoms with van der Waals surface area (Å²) in [6, 6.07) is 16.3. The van der Waals surface area contributed by atoms with Crippen molar-refractivity contribution in [1.82, 2.24) is 15.0 Å². The Hall–Kier alpha value is -3.71. The zero-order valence-electron chi connectivity index (χ0n) is 22.7. The second-order valence-electron chi connectivity index (χ2n) is 10.8. The monoisotopic (exact) mass is 513 g/mol. The van der Waals surface area contributed by atoms with Crippen LogP contribution in [-0.4, -0.2) is 33.2 Å². The summed E-state index contributed by atoms with van der Waals surface area (Å²) in [4.78, 5) is 12.6. The number of carbonyl (C=O) groups is 1. The zero-order valence-corrected chi connectivity index (χ0v) is 22.7. The third kappa shape index (κ3) is 4.67. The molecule has 1 aliphatic carbocycles. The van der Waals surface area contributed by atoms with Gasteiger partial charge in [0.25, 0.3) is 0 Å². The largest absolute Gasteiger partial charge is 0.497 e. The lowest BCUT2D eigenvalue weighted by atomic mass is 9.69. The molecule has 7 nitrogen and oxygen atoms in total. The van der Waals surface area contributed by atoms with E-state index in [1.54, 1.807) is 11.8 Å². The number of aliphatic carboxylic acids is 1. The first-order chi connectivity index (χ1) is 18.2. The van der Waals surface area contributed by atoms with Gasteiger partial charge in [0.2, 0.25) is 0 Å². The van der Waals surface area contributed by atoms with E-state index in [1.165, 1.54) is 11.1 Å². The first-order valence-corrected chi connectivity index (χ1v) is 13.1. The summed E-state index contributed by atoms with van der Waals surface area (Å²) >= 11 is 0. The summed E-state index contributed by atoms with van der Waals surface area (Å²) in [5, 5.41) is 18.9. The summed E-state index contributed by atoms with van der Waals surface area (Å²) in [5.74, 6) is -0.377. The maximum atomic E-state index is 12.6. The number of hydrogen-bond acceptors (Lipinski definition) is 5. The van der Waals surface area contributed by atoms with Crippen molar-refractivity contribution in [2.24, 2.45) is 12.5 Å². The van der Waals surface area contributed by atoms with Crippen LogP contribution in [0.4, 0.5) is 0 Å². The molecule has 0 aliphatic heterocycles. The van der Waals surface area contributed by atoms with Crippen LogP contribution in [0.5, 0.6) is 5.75 Å². The number of aryl methyl sites for hydroxylation is 3. The highest BCUT2D eigenvalue weighted by atomic mass is 16.5. The Labute approximate surface area is 223 Å². The first kappa shape index (κ1) is 25.9. The fraction of sp³-hybridized carbons (Fsp3) is 0.387. The molecule has 1 aliphatic rings. The second kappa shape index (κ2) is 10.2. The highest BCUT2D eigenvalue weighted by Gasteiger charge is 2.40. The van der Waals surface area contributed by atoms with Crippen molar-refractivity contribution >= 4 is 17.0 Å². The van der Waals surface area contributed by atoms with Crippen LogP contribution in [0.25, 0.3) is 11.0 Å². The van der Waals surface area contributed by atoms with E-state index < -0.39 is 11.4 Å². The molecular weight excluding hydrogens is 478 g/mol. The second-order valence-corrected chi connectivity index (χ2v) is 10.8. The number of ether oxygens (including phenoxy) is 2. The Morgan fingerprint density at radius 3 is 2.58 bits per heavy atom. The van der Waals surface area contributed by atoms with Crippen LogP contribution < -0.4 is 4.74 Å². The van der Waals surface area contributed by atoms with Crippen molar-refractivity contribution in [2.75, 3.05) is 7.11 Å². The van der Waals surface area contributed by atoms with Gasteiger partial charge in [-0.25, -0.2) is 4.68 Å². The van der Waals surface area contributed by atoms with Crippen LogP contribution >= 0.6 is 0 Å². The first-order valence-electron chi connectivity index (χ1n) is 13.1. The van der Waals surface area contributed by atoms with Gasteiger partial charge < -0.3 is 14.6 Å². The molecule has 5 rings (SSSR count). The number of hydrogen-bond donors (Lipinski definition) is 1. The number of carboxylic acids is 1. The fourth-order valence-corrected chi connectivity index (χ4v) is 5.79. The maximum Gasteiger partial charge on any atom is 0.310 e. The van der Waals surface area contributed by atoms with Gasteiger partial charge in [0, 0.05) is 13.0 Å². The number of rotatable bonds is 9. The summed E-state index contributed by atoms with van der Waals surface area (Å²) < 4.78 is 13.2. The fourth-order valence-electron chi connectivity index (χ4n) is 5.79. The molecule has 3 aromatic carbocycles. The van der Waals surface area contributed by atoms with E-state index in [0.29, 0.717) is 13.2 Å². The summed E-state index contributed by atoms with van der Waals surface area (Å²) in [5.41, 5.74) is 8.50. The molecule has 198 valence electrons. The lowest BCUT2D eigenvalue weighted by molar-refractivity contribution is -0.147. The molecule has 0 amide bonds. The van der Waals surface area contributed by atoms with Gasteiger partial charge in [0.15, 0.2) is 0 Å². The number of benzene rings is 3. The van der Waals surface area contributed by atoms with E-state index >= 15 is 0 Å². The highest BCUT2D eigenvalue weighted by molar-refractivity contribution is 5.82. The van der Waals surface area contributed by atoms with Gasteiger partial charge >= 0.3 is 5.97 Å². The molecule has 0 bridgehead atoms. The van der Waals surface area contributed by atoms with Crippen molar-refractivity contribution in [3.8, 4) is 5.75 Å². The van der Waals surface area contributed by atoms with E-state index in [-0.39, 0.29) is 5.92 Å². The number of methoxy groups -OCH3 is 1. The predicted molar refractivity (Wildman–Crippen MR) is 146 cm³/mol. The van der Waals surface area contributed by atoms with Crippen LogP contribution in [-0.2, 0) is 42.6 Å². The number of nitrogens with zero attached hydrogens (tertiary/aromatic N) is 3. The average Bonchev–Trinajstić information content (AvgIpc) is 3.53. The standard InChI is InChI=1S/C31H35N3O4/c1-19-25(13-14-27-29(19)32-33-34(27)4)28(31(2,3)30(35)36)22-15-21-7-6-8-26(21)23(16-22)18-38-17-20-9-11-24(37-5)12-10-20/h9-16,28H,6-8,17-18H2,1-5H3,(H,35,36)/t28-/m0/s1. The van der Waals surface area contributed by atoms with Gasteiger partial charge in [-0.15, -0.1) is 5.10 Å². The summed E-state index contributed by atoms with van der Waals surface area (Å²) in [7, 11) is 3.52. The van der Waals surface area contributed by atoms with Gasteiger partial charge in [0.05, 0.1) is 31.3 Å². The topological polar surface area (TPSA) is 86.5 Å². The molecule has 0 saturated carbocycles. The minimum atomic E-state index is -1.05. The average molecular weight is 514 g/mol. The summed E-state index contributed by atoms with van der Waals surface area (Å²) in [6.07, 6.45) is 3.12. The molecular formula is C31H35N3O4. The molecule has 0 spiro atoms. The minimum Gasteiger partial charge on any atom is -0.497 e. The molecule has 1 atom stereocenters. The third-order valence-corrected chi connectivity index (χ3v) is 8.01. The SMILES string of the molecule is COc1ccc(COCc2cc([C@@H](c3ccc4c(nnn4C)c3C)C(C)(C)C(=O)O)cc3c2CCC3)cc1. The molecule has 0 radical (unpaired) electrons. The normalized spacial score (nSPS) is 14.0. The van der Waals surface area contributed by atoms with Crippen LogP contribution in [0.1, 0.15) is 65.1 Å². The lowest BCUT2D eigenvalue weighted by Crippen LogP contribution is -2.32. The molecule has 38 heavy (non-hydrogen) atoms. The Balaban J connectivity index is 1.54. The molecule has 0 unspecified atom stereocenters. The third-order valence-electron chi connectivity index (χ3n) is 8.01. The smallest absolute Gasteiger partial charge is 0.310 e. The molecule has 0 saturated heterocycles. The van der Waals surface area contributed by atoms with Crippen LogP contribution in [0.15, 0.2) is 48.5 Å². The van der Waals surface area contributed by atoms with Crippen molar-refractivity contribution in [1.29, 1.82) is 0 Å². The Morgan fingerprint density at radius 2 is 1.87 bits per heavy atom. The summed E-state index contributed by atoms with van der Waals surface area (Å²) in [6.45, 7) is 6.62. The lowest BCUT2D eigenvalue weighted by Gasteiger charge is -2.33. The molecule has 1 N–H and O–H groups in total.